The molecule has 4 rings (SSSR count). The Bertz CT molecular complexity index is 1400. The molecule has 2 atom stereocenters. The second-order valence-corrected chi connectivity index (χ2v) is 14.3. The lowest BCUT2D eigenvalue weighted by Crippen LogP contribution is -2.62. The molecule has 38 heavy (non-hydrogen) atoms. The van der Waals surface area contributed by atoms with E-state index in [-0.39, 0.29) is 23.8 Å². The van der Waals surface area contributed by atoms with Gasteiger partial charge in [0, 0.05) is 51.6 Å². The zero-order chi connectivity index (χ0) is 27.5. The molecule has 2 unspecified atom stereocenters. The Balaban J connectivity index is 1.59. The Hall–Kier alpha value is -2.42. The molecule has 3 heterocycles. The van der Waals surface area contributed by atoms with Crippen LogP contribution in [0.2, 0.25) is 0 Å². The molecule has 12 nitrogen and oxygen atoms in total. The molecule has 0 saturated carbocycles. The highest BCUT2D eigenvalue weighted by Crippen LogP contribution is 2.34. The molecular formula is C23H29N5O7S3. The summed E-state index contributed by atoms with van der Waals surface area (Å²) in [7, 11) is -5.33. The molecule has 0 spiro atoms. The number of piperazine rings is 1. The second-order valence-electron chi connectivity index (χ2n) is 8.97. The van der Waals surface area contributed by atoms with Gasteiger partial charge in [-0.1, -0.05) is 12.1 Å². The van der Waals surface area contributed by atoms with E-state index >= 15 is 0 Å². The molecule has 0 aliphatic carbocycles. The third kappa shape index (κ3) is 6.08. The Morgan fingerprint density at radius 1 is 1.13 bits per heavy atom. The number of carbonyl (C=O) groups excluding carboxylic acids is 1. The predicted octanol–water partition coefficient (Wildman–Crippen LogP) is 1.34. The number of sulfonamides is 1. The SMILES string of the molecule is CN(C)S(=O)(=O)N1CCN(S(=O)(=O)c2ccc(-c3ccc(C#N)cc3)s2)C(C(=O)NOC2CCCCO2)C1. The largest absolute Gasteiger partial charge is 0.350 e. The van der Waals surface area contributed by atoms with Crippen molar-refractivity contribution in [2.75, 3.05) is 40.3 Å². The van der Waals surface area contributed by atoms with E-state index in [1.165, 1.54) is 20.2 Å². The van der Waals surface area contributed by atoms with E-state index in [4.69, 9.17) is 14.8 Å². The van der Waals surface area contributed by atoms with E-state index in [9.17, 15) is 21.6 Å². The minimum atomic E-state index is -4.17. The summed E-state index contributed by atoms with van der Waals surface area (Å²) in [4.78, 5) is 19.2. The van der Waals surface area contributed by atoms with Gasteiger partial charge in [-0.25, -0.2) is 18.7 Å². The first-order chi connectivity index (χ1) is 18.0. The zero-order valence-corrected chi connectivity index (χ0v) is 23.4. The van der Waals surface area contributed by atoms with Crippen molar-refractivity contribution < 1.29 is 31.2 Å². The van der Waals surface area contributed by atoms with Gasteiger partial charge in [-0.15, -0.1) is 11.3 Å². The van der Waals surface area contributed by atoms with Crippen LogP contribution in [0.5, 0.6) is 0 Å². The number of nitriles is 1. The van der Waals surface area contributed by atoms with Crippen LogP contribution >= 0.6 is 11.3 Å². The first kappa shape index (κ1) is 28.6. The summed E-state index contributed by atoms with van der Waals surface area (Å²) < 4.78 is 61.5. The number of benzene rings is 1. The number of nitrogens with one attached hydrogen (secondary N) is 1. The minimum Gasteiger partial charge on any atom is -0.350 e. The average molecular weight is 584 g/mol. The molecule has 0 radical (unpaired) electrons. The molecule has 1 N–H and O–H groups in total. The maximum absolute atomic E-state index is 13.7. The number of nitrogens with zero attached hydrogens (tertiary/aromatic N) is 4. The number of amides is 1. The number of hydrogen-bond acceptors (Lipinski definition) is 9. The van der Waals surface area contributed by atoms with Crippen molar-refractivity contribution in [1.82, 2.24) is 18.4 Å². The van der Waals surface area contributed by atoms with E-state index < -0.39 is 38.5 Å². The topological polar surface area (TPSA) is 149 Å². The highest BCUT2D eigenvalue weighted by Gasteiger charge is 2.44. The number of thiophene rings is 1. The quantitative estimate of drug-likeness (QED) is 0.458. The molecule has 0 bridgehead atoms. The Morgan fingerprint density at radius 2 is 1.87 bits per heavy atom. The molecule has 1 aromatic carbocycles. The number of hydroxylamine groups is 1. The van der Waals surface area contributed by atoms with Gasteiger partial charge >= 0.3 is 0 Å². The summed E-state index contributed by atoms with van der Waals surface area (Å²) in [5.41, 5.74) is 3.52. The highest BCUT2D eigenvalue weighted by atomic mass is 32.2. The number of carbonyl (C=O) groups is 1. The van der Waals surface area contributed by atoms with Crippen LogP contribution in [0.1, 0.15) is 24.8 Å². The van der Waals surface area contributed by atoms with Crippen LogP contribution in [0, 0.1) is 11.3 Å². The lowest BCUT2D eigenvalue weighted by molar-refractivity contribution is -0.202. The smallest absolute Gasteiger partial charge is 0.281 e. The van der Waals surface area contributed by atoms with Gasteiger partial charge in [-0.05, 0) is 42.7 Å². The Labute approximate surface area is 226 Å². The molecule has 1 aromatic heterocycles. The van der Waals surface area contributed by atoms with Crippen LogP contribution in [0.15, 0.2) is 40.6 Å². The maximum atomic E-state index is 13.7. The second kappa shape index (κ2) is 11.8. The summed E-state index contributed by atoms with van der Waals surface area (Å²) in [5, 5.41) is 9.01. The molecule has 2 aromatic rings. The molecule has 2 saturated heterocycles. The van der Waals surface area contributed by atoms with Crippen molar-refractivity contribution in [3.8, 4) is 16.5 Å². The Kier molecular flexibility index (Phi) is 8.85. The summed E-state index contributed by atoms with van der Waals surface area (Å²) >= 11 is 1.03. The van der Waals surface area contributed by atoms with Crippen molar-refractivity contribution >= 4 is 37.5 Å². The fraction of sp³-hybridized carbons (Fsp3) is 0.478. The van der Waals surface area contributed by atoms with Gasteiger partial charge in [0.15, 0.2) is 6.29 Å². The molecule has 15 heteroatoms. The van der Waals surface area contributed by atoms with Crippen molar-refractivity contribution in [2.24, 2.45) is 0 Å². The van der Waals surface area contributed by atoms with Crippen LogP contribution in [0.3, 0.4) is 0 Å². The molecule has 1 amide bonds. The molecule has 2 aliphatic heterocycles. The number of ether oxygens (including phenoxy) is 1. The number of hydrogen-bond donors (Lipinski definition) is 1. The van der Waals surface area contributed by atoms with Crippen LogP contribution in [-0.2, 0) is 34.6 Å². The highest BCUT2D eigenvalue weighted by molar-refractivity contribution is 7.91. The Morgan fingerprint density at radius 3 is 2.50 bits per heavy atom. The van der Waals surface area contributed by atoms with E-state index in [0.29, 0.717) is 23.5 Å². The van der Waals surface area contributed by atoms with E-state index in [0.717, 1.165) is 42.7 Å². The van der Waals surface area contributed by atoms with Gasteiger partial charge in [-0.3, -0.25) is 4.79 Å². The van der Waals surface area contributed by atoms with Crippen molar-refractivity contribution in [3.05, 3.63) is 42.0 Å². The van der Waals surface area contributed by atoms with Gasteiger partial charge in [0.25, 0.3) is 26.1 Å². The monoisotopic (exact) mass is 583 g/mol. The molecular weight excluding hydrogens is 554 g/mol. The van der Waals surface area contributed by atoms with Crippen LogP contribution < -0.4 is 5.48 Å². The first-order valence-electron chi connectivity index (χ1n) is 11.9. The van der Waals surface area contributed by atoms with Gasteiger partial charge < -0.3 is 4.74 Å². The summed E-state index contributed by atoms with van der Waals surface area (Å²) in [6.45, 7) is -0.241. The molecule has 2 aliphatic rings. The normalized spacial score (nSPS) is 21.7. The third-order valence-electron chi connectivity index (χ3n) is 6.26. The lowest BCUT2D eigenvalue weighted by atomic mass is 10.1. The van der Waals surface area contributed by atoms with Crippen molar-refractivity contribution in [1.29, 1.82) is 5.26 Å². The maximum Gasteiger partial charge on any atom is 0.281 e. The fourth-order valence-corrected chi connectivity index (χ4v) is 8.23. The fourth-order valence-electron chi connectivity index (χ4n) is 4.12. The standard InChI is InChI=1S/C23H29N5O7S3/c1-26(2)38(32,33)27-12-13-28(19(16-27)23(29)25-35-21-5-3-4-14-34-21)37(30,31)22-11-10-20(36-22)18-8-6-17(15-24)7-9-18/h6-11,19,21H,3-5,12-14,16H2,1-2H3,(H,25,29). The van der Waals surface area contributed by atoms with E-state index in [2.05, 4.69) is 5.48 Å². The minimum absolute atomic E-state index is 0.00936. The van der Waals surface area contributed by atoms with E-state index in [1.807, 2.05) is 6.07 Å². The average Bonchev–Trinajstić information content (AvgIpc) is 3.43. The van der Waals surface area contributed by atoms with Gasteiger partial charge in [0.05, 0.1) is 11.6 Å². The molecule has 206 valence electrons. The summed E-state index contributed by atoms with van der Waals surface area (Å²) in [6, 6.07) is 10.5. The van der Waals surface area contributed by atoms with Crippen molar-refractivity contribution in [3.63, 3.8) is 0 Å². The van der Waals surface area contributed by atoms with Crippen molar-refractivity contribution in [2.45, 2.75) is 35.8 Å². The van der Waals surface area contributed by atoms with Gasteiger partial charge in [-0.2, -0.15) is 26.6 Å². The van der Waals surface area contributed by atoms with Crippen LogP contribution in [-0.4, -0.2) is 88.3 Å². The van der Waals surface area contributed by atoms with Crippen LogP contribution in [0.4, 0.5) is 0 Å². The first-order valence-corrected chi connectivity index (χ1v) is 15.6. The lowest BCUT2D eigenvalue weighted by Gasteiger charge is -2.39. The predicted molar refractivity (Wildman–Crippen MR) is 139 cm³/mol. The number of rotatable bonds is 8. The molecule has 2 fully saturated rings. The third-order valence-corrected chi connectivity index (χ3v) is 11.7. The van der Waals surface area contributed by atoms with Gasteiger partial charge in [0.2, 0.25) is 0 Å². The zero-order valence-electron chi connectivity index (χ0n) is 20.9. The van der Waals surface area contributed by atoms with E-state index in [1.54, 1.807) is 30.3 Å². The summed E-state index contributed by atoms with van der Waals surface area (Å²) in [5.74, 6) is -0.787. The summed E-state index contributed by atoms with van der Waals surface area (Å²) in [6.07, 6.45) is 1.65. The van der Waals surface area contributed by atoms with Gasteiger partial charge in [0.1, 0.15) is 10.3 Å². The van der Waals surface area contributed by atoms with Crippen LogP contribution in [0.25, 0.3) is 10.4 Å².